The summed E-state index contributed by atoms with van der Waals surface area (Å²) in [5.74, 6) is 0. The van der Waals surface area contributed by atoms with E-state index in [0.29, 0.717) is 0 Å². The van der Waals surface area contributed by atoms with Crippen molar-refractivity contribution in [2.75, 3.05) is 7.05 Å². The van der Waals surface area contributed by atoms with Gasteiger partial charge in [0.1, 0.15) is 0 Å². The number of hydrogen-bond donors (Lipinski definition) is 0. The summed E-state index contributed by atoms with van der Waals surface area (Å²) >= 11 is 15.5. The molecule has 0 bridgehead atoms. The predicted octanol–water partition coefficient (Wildman–Crippen LogP) is 1.83. The van der Waals surface area contributed by atoms with Crippen molar-refractivity contribution >= 4 is 35.0 Å². The van der Waals surface area contributed by atoms with Crippen LogP contribution in [0.1, 0.15) is 0 Å². The molecule has 0 amide bonds. The van der Waals surface area contributed by atoms with Crippen molar-refractivity contribution in [3.8, 4) is 0 Å². The van der Waals surface area contributed by atoms with E-state index in [1.165, 1.54) is 4.42 Å². The van der Waals surface area contributed by atoms with Gasteiger partial charge in [-0.2, -0.15) is 4.42 Å². The molecule has 0 unspecified atom stereocenters. The van der Waals surface area contributed by atoms with Gasteiger partial charge in [-0.05, 0) is 11.8 Å². The van der Waals surface area contributed by atoms with Crippen LogP contribution in [0.4, 0.5) is 0 Å². The lowest BCUT2D eigenvalue weighted by Crippen LogP contribution is -2.08. The molecular weight excluding hydrogens is 144 g/mol. The second kappa shape index (κ2) is 2.92. The van der Waals surface area contributed by atoms with Crippen LogP contribution in [0.5, 0.6) is 0 Å². The minimum Gasteiger partial charge on any atom is -0.192 e. The van der Waals surface area contributed by atoms with E-state index in [1.807, 2.05) is 0 Å². The zero-order valence-corrected chi connectivity index (χ0v) is 5.43. The molecule has 0 atom stereocenters. The van der Waals surface area contributed by atoms with E-state index in [2.05, 4.69) is 0 Å². The maximum absolute atomic E-state index is 5.18. The number of hydrogen-bond acceptors (Lipinski definition) is 1. The molecule has 0 radical (unpaired) electrons. The third kappa shape index (κ3) is 3.04. The molecule has 0 aliphatic rings. The Hall–Kier alpha value is 0.830. The largest absolute Gasteiger partial charge is 0.192 e. The Morgan fingerprint density at radius 2 is 1.67 bits per heavy atom. The molecule has 0 aliphatic carbocycles. The molecule has 0 rings (SSSR count). The fourth-order valence-electron chi connectivity index (χ4n) is 0. The number of halogens is 3. The molecule has 0 aromatic heterocycles. The lowest BCUT2D eigenvalue weighted by atomic mass is 11.2. The highest BCUT2D eigenvalue weighted by molar-refractivity contribution is 6.45. The van der Waals surface area contributed by atoms with E-state index in [1.54, 1.807) is 7.05 Å². The summed E-state index contributed by atoms with van der Waals surface area (Å²) in [4.78, 5) is -0.605. The predicted molar refractivity (Wildman–Crippen MR) is 29.1 cm³/mol. The Labute approximate surface area is 51.9 Å². The molecule has 0 heterocycles. The molecule has 38 valence electrons. The van der Waals surface area contributed by atoms with E-state index >= 15 is 0 Å². The second-order valence-electron chi connectivity index (χ2n) is 0.802. The van der Waals surface area contributed by atoms with Gasteiger partial charge in [-0.3, -0.25) is 0 Å². The summed E-state index contributed by atoms with van der Waals surface area (Å²) in [6, 6.07) is 0. The molecule has 6 heavy (non-hydrogen) atoms. The smallest absolute Gasteiger partial charge is 0.173 e. The first-order chi connectivity index (χ1) is 2.64. The third-order valence-electron chi connectivity index (χ3n) is 0.269. The van der Waals surface area contributed by atoms with Crippen LogP contribution in [0, 0.1) is 0 Å². The van der Waals surface area contributed by atoms with Crippen LogP contribution in [0.3, 0.4) is 0 Å². The summed E-state index contributed by atoms with van der Waals surface area (Å²) in [6.45, 7) is 0. The van der Waals surface area contributed by atoms with Crippen molar-refractivity contribution in [2.24, 2.45) is 0 Å². The average Bonchev–Trinajstić information content (AvgIpc) is 1.36. The lowest BCUT2D eigenvalue weighted by Gasteiger charge is -2.03. The highest BCUT2D eigenvalue weighted by Crippen LogP contribution is 2.07. The van der Waals surface area contributed by atoms with Crippen molar-refractivity contribution < 1.29 is 0 Å². The van der Waals surface area contributed by atoms with E-state index in [-0.39, 0.29) is 0 Å². The van der Waals surface area contributed by atoms with Gasteiger partial charge in [0.05, 0.1) is 0 Å². The van der Waals surface area contributed by atoms with Gasteiger partial charge in [0.2, 0.25) is 0 Å². The molecule has 1 nitrogen and oxygen atoms in total. The Bertz CT molecular complexity index is 29.8. The minimum absolute atomic E-state index is 0.605. The van der Waals surface area contributed by atoms with Crippen molar-refractivity contribution in [3.63, 3.8) is 0 Å². The molecular formula is C2H4Cl3N. The quantitative estimate of drug-likeness (QED) is 0.312. The first kappa shape index (κ1) is 6.83. The van der Waals surface area contributed by atoms with Gasteiger partial charge < -0.3 is 0 Å². The van der Waals surface area contributed by atoms with Crippen LogP contribution in [-0.4, -0.2) is 16.4 Å². The zero-order chi connectivity index (χ0) is 5.15. The summed E-state index contributed by atoms with van der Waals surface area (Å²) in [7, 11) is 1.58. The van der Waals surface area contributed by atoms with E-state index < -0.39 is 4.96 Å². The van der Waals surface area contributed by atoms with Crippen LogP contribution in [0.25, 0.3) is 0 Å². The summed E-state index contributed by atoms with van der Waals surface area (Å²) in [5, 5.41) is 0. The first-order valence-electron chi connectivity index (χ1n) is 1.31. The second-order valence-corrected chi connectivity index (χ2v) is 2.39. The van der Waals surface area contributed by atoms with Gasteiger partial charge in [0.25, 0.3) is 0 Å². The van der Waals surface area contributed by atoms with E-state index in [4.69, 9.17) is 35.0 Å². The Kier molecular flexibility index (Phi) is 3.32. The molecule has 0 spiro atoms. The number of nitrogens with zero attached hydrogens (tertiary/aromatic N) is 1. The van der Waals surface area contributed by atoms with E-state index in [9.17, 15) is 0 Å². The summed E-state index contributed by atoms with van der Waals surface area (Å²) in [6.07, 6.45) is 0. The normalized spacial score (nSPS) is 11.0. The Morgan fingerprint density at radius 3 is 1.67 bits per heavy atom. The fourth-order valence-corrected chi connectivity index (χ4v) is 0. The highest BCUT2D eigenvalue weighted by atomic mass is 35.5. The lowest BCUT2D eigenvalue weighted by molar-refractivity contribution is 0.609. The van der Waals surface area contributed by atoms with Gasteiger partial charge in [-0.1, -0.05) is 23.2 Å². The van der Waals surface area contributed by atoms with Crippen LogP contribution >= 0.6 is 35.0 Å². The number of rotatable bonds is 1. The molecule has 0 aromatic rings. The van der Waals surface area contributed by atoms with Gasteiger partial charge in [-0.25, -0.2) is 0 Å². The highest BCUT2D eigenvalue weighted by Gasteiger charge is 1.99. The standard InChI is InChI=1S/C2H4Cl3N/c1-6(5)2(3)4/h2H,1H3. The van der Waals surface area contributed by atoms with Gasteiger partial charge >= 0.3 is 0 Å². The van der Waals surface area contributed by atoms with Gasteiger partial charge in [-0.15, -0.1) is 0 Å². The third-order valence-corrected chi connectivity index (χ3v) is 1.25. The molecule has 0 aromatic carbocycles. The van der Waals surface area contributed by atoms with Crippen LogP contribution in [0.2, 0.25) is 0 Å². The molecule has 4 heteroatoms. The number of alkyl halides is 2. The fraction of sp³-hybridized carbons (Fsp3) is 1.00. The molecule has 0 aliphatic heterocycles. The van der Waals surface area contributed by atoms with Gasteiger partial charge in [0, 0.05) is 7.05 Å². The van der Waals surface area contributed by atoms with Crippen LogP contribution in [-0.2, 0) is 0 Å². The zero-order valence-electron chi connectivity index (χ0n) is 3.16. The molecule has 0 saturated carbocycles. The Balaban J connectivity index is 2.99. The topological polar surface area (TPSA) is 3.24 Å². The van der Waals surface area contributed by atoms with Crippen LogP contribution < -0.4 is 0 Å². The maximum Gasteiger partial charge on any atom is 0.173 e. The average molecular weight is 148 g/mol. The Morgan fingerprint density at radius 1 is 1.50 bits per heavy atom. The van der Waals surface area contributed by atoms with Crippen molar-refractivity contribution in [2.45, 2.75) is 4.96 Å². The monoisotopic (exact) mass is 147 g/mol. The van der Waals surface area contributed by atoms with Crippen LogP contribution in [0.15, 0.2) is 0 Å². The molecule has 0 fully saturated rings. The van der Waals surface area contributed by atoms with Crippen molar-refractivity contribution in [1.29, 1.82) is 0 Å². The summed E-state index contributed by atoms with van der Waals surface area (Å²) < 4.78 is 1.17. The SMILES string of the molecule is CN(Cl)C(Cl)Cl. The molecule has 0 N–H and O–H groups in total. The van der Waals surface area contributed by atoms with Gasteiger partial charge in [0.15, 0.2) is 4.96 Å². The summed E-state index contributed by atoms with van der Waals surface area (Å²) in [5.41, 5.74) is 0. The molecule has 0 saturated heterocycles. The van der Waals surface area contributed by atoms with Crippen molar-refractivity contribution in [1.82, 2.24) is 4.42 Å². The van der Waals surface area contributed by atoms with E-state index in [0.717, 1.165) is 0 Å². The minimum atomic E-state index is -0.605. The van der Waals surface area contributed by atoms with Crippen molar-refractivity contribution in [3.05, 3.63) is 0 Å². The maximum atomic E-state index is 5.18. The first-order valence-corrected chi connectivity index (χ1v) is 2.52.